The molecule has 0 aliphatic carbocycles. The minimum Gasteiger partial charge on any atom is -0.496 e. The molecule has 13 heteroatoms. The van der Waals surface area contributed by atoms with Gasteiger partial charge in [0.25, 0.3) is 0 Å². The second-order valence-corrected chi connectivity index (χ2v) is 12.0. The maximum absolute atomic E-state index is 11.9. The number of benzene rings is 1. The van der Waals surface area contributed by atoms with Gasteiger partial charge in [-0.3, -0.25) is 9.58 Å². The quantitative estimate of drug-likeness (QED) is 0.321. The first kappa shape index (κ1) is 25.9. The molecule has 1 aromatic carbocycles. The van der Waals surface area contributed by atoms with Crippen LogP contribution in [0.15, 0.2) is 35.0 Å². The number of nitrogen functional groups attached to an aromatic ring is 1. The van der Waals surface area contributed by atoms with Gasteiger partial charge in [0, 0.05) is 24.4 Å². The SMILES string of the molecule is COc1cc(CN2CCC(S(C)(=O)=O)CC2)ccc1Cn1ncc2nc(N)nc(NCc3cc(C)on3)c21. The molecule has 202 valence electrons. The number of aryl methyl sites for hydroxylation is 1. The standard InChI is InChI=1S/C25H32N8O4S/c1-16-10-19(31-37-16)12-27-24-23-21(29-25(26)30-24)13-28-33(23)15-18-5-4-17(11-22(18)36-2)14-32-8-6-20(7-9-32)38(3,34)35/h4-5,10-11,13,20H,6-9,12,14-15H2,1-3H3,(H3,26,27,29,30). The number of aromatic nitrogens is 5. The summed E-state index contributed by atoms with van der Waals surface area (Å²) in [6.07, 6.45) is 4.33. The van der Waals surface area contributed by atoms with E-state index in [0.717, 1.165) is 53.5 Å². The molecule has 0 spiro atoms. The molecule has 3 aromatic heterocycles. The molecule has 1 fully saturated rings. The van der Waals surface area contributed by atoms with Crippen LogP contribution in [0, 0.1) is 6.92 Å². The predicted molar refractivity (Wildman–Crippen MR) is 144 cm³/mol. The molecule has 0 amide bonds. The zero-order chi connectivity index (χ0) is 26.9. The third kappa shape index (κ3) is 5.73. The summed E-state index contributed by atoms with van der Waals surface area (Å²) in [5.41, 5.74) is 10.1. The number of nitrogens with two attached hydrogens (primary N) is 1. The highest BCUT2D eigenvalue weighted by Gasteiger charge is 2.26. The van der Waals surface area contributed by atoms with Crippen molar-refractivity contribution in [2.45, 2.75) is 44.6 Å². The van der Waals surface area contributed by atoms with Gasteiger partial charge in [0.2, 0.25) is 5.95 Å². The zero-order valence-electron chi connectivity index (χ0n) is 21.7. The second kappa shape index (κ2) is 10.6. The Morgan fingerprint density at radius 2 is 1.97 bits per heavy atom. The molecule has 5 rings (SSSR count). The highest BCUT2D eigenvalue weighted by atomic mass is 32.2. The number of rotatable bonds is 9. The lowest BCUT2D eigenvalue weighted by atomic mass is 10.1. The molecule has 12 nitrogen and oxygen atoms in total. The van der Waals surface area contributed by atoms with Crippen molar-refractivity contribution in [2.75, 3.05) is 37.5 Å². The number of hydrogen-bond acceptors (Lipinski definition) is 11. The van der Waals surface area contributed by atoms with Crippen molar-refractivity contribution in [1.82, 2.24) is 29.8 Å². The van der Waals surface area contributed by atoms with E-state index < -0.39 is 9.84 Å². The maximum atomic E-state index is 11.9. The van der Waals surface area contributed by atoms with Crippen LogP contribution < -0.4 is 15.8 Å². The Morgan fingerprint density at radius 3 is 2.66 bits per heavy atom. The summed E-state index contributed by atoms with van der Waals surface area (Å²) in [5.74, 6) is 2.19. The molecule has 4 aromatic rings. The van der Waals surface area contributed by atoms with Crippen molar-refractivity contribution in [3.05, 3.63) is 53.0 Å². The number of fused-ring (bicyclic) bond motifs is 1. The lowest BCUT2D eigenvalue weighted by Gasteiger charge is -2.31. The minimum absolute atomic E-state index is 0.151. The van der Waals surface area contributed by atoms with E-state index in [4.69, 9.17) is 15.0 Å². The molecule has 0 unspecified atom stereocenters. The van der Waals surface area contributed by atoms with E-state index in [1.54, 1.807) is 13.3 Å². The number of piperidine rings is 1. The molecular formula is C25H32N8O4S. The molecule has 0 saturated carbocycles. The third-order valence-electron chi connectivity index (χ3n) is 6.84. The second-order valence-electron chi connectivity index (χ2n) is 9.70. The average molecular weight is 541 g/mol. The fourth-order valence-corrected chi connectivity index (χ4v) is 5.94. The molecule has 0 radical (unpaired) electrons. The number of sulfone groups is 1. The van der Waals surface area contributed by atoms with Crippen molar-refractivity contribution >= 4 is 32.6 Å². The maximum Gasteiger partial charge on any atom is 0.222 e. The Bertz CT molecular complexity index is 1540. The molecule has 1 saturated heterocycles. The highest BCUT2D eigenvalue weighted by Crippen LogP contribution is 2.27. The first-order valence-electron chi connectivity index (χ1n) is 12.4. The molecule has 1 aliphatic heterocycles. The van der Waals surface area contributed by atoms with Gasteiger partial charge in [0.1, 0.15) is 38.1 Å². The number of likely N-dealkylation sites (tertiary alicyclic amines) is 1. The summed E-state index contributed by atoms with van der Waals surface area (Å²) in [6, 6.07) is 8.00. The van der Waals surface area contributed by atoms with Crippen LogP contribution in [0.4, 0.5) is 11.8 Å². The zero-order valence-corrected chi connectivity index (χ0v) is 22.5. The van der Waals surface area contributed by atoms with Crippen LogP contribution in [0.2, 0.25) is 0 Å². The Balaban J connectivity index is 1.33. The van der Waals surface area contributed by atoms with Crippen molar-refractivity contribution < 1.29 is 17.7 Å². The van der Waals surface area contributed by atoms with Crippen LogP contribution in [0.25, 0.3) is 11.0 Å². The summed E-state index contributed by atoms with van der Waals surface area (Å²) in [6.45, 7) is 4.94. The molecule has 38 heavy (non-hydrogen) atoms. The number of hydrogen-bond donors (Lipinski definition) is 2. The van der Waals surface area contributed by atoms with Crippen LogP contribution in [0.1, 0.15) is 35.4 Å². The Kier molecular flexibility index (Phi) is 7.21. The number of ether oxygens (including phenoxy) is 1. The lowest BCUT2D eigenvalue weighted by molar-refractivity contribution is 0.222. The average Bonchev–Trinajstić information content (AvgIpc) is 3.48. The number of anilines is 2. The van der Waals surface area contributed by atoms with Gasteiger partial charge in [-0.25, -0.2) is 13.4 Å². The van der Waals surface area contributed by atoms with Gasteiger partial charge in [-0.1, -0.05) is 17.3 Å². The lowest BCUT2D eigenvalue weighted by Crippen LogP contribution is -2.38. The van der Waals surface area contributed by atoms with Crippen molar-refractivity contribution in [2.24, 2.45) is 0 Å². The summed E-state index contributed by atoms with van der Waals surface area (Å²) < 4.78 is 36.4. The normalized spacial score (nSPS) is 15.2. The Labute approximate surface area is 221 Å². The molecule has 0 bridgehead atoms. The van der Waals surface area contributed by atoms with Gasteiger partial charge in [-0.15, -0.1) is 0 Å². The molecule has 3 N–H and O–H groups in total. The monoisotopic (exact) mass is 540 g/mol. The number of nitrogens with zero attached hydrogens (tertiary/aromatic N) is 6. The molecular weight excluding hydrogens is 508 g/mol. The van der Waals surface area contributed by atoms with E-state index >= 15 is 0 Å². The van der Waals surface area contributed by atoms with Crippen molar-refractivity contribution in [3.63, 3.8) is 0 Å². The number of nitrogens with one attached hydrogen (secondary N) is 1. The van der Waals surface area contributed by atoms with E-state index in [9.17, 15) is 8.42 Å². The number of methoxy groups -OCH3 is 1. The summed E-state index contributed by atoms with van der Waals surface area (Å²) in [5, 5.41) is 11.6. The molecule has 1 aliphatic rings. The van der Waals surface area contributed by atoms with Gasteiger partial charge in [-0.2, -0.15) is 10.1 Å². The Morgan fingerprint density at radius 1 is 1.18 bits per heavy atom. The van der Waals surface area contributed by atoms with E-state index in [2.05, 4.69) is 36.5 Å². The van der Waals surface area contributed by atoms with Gasteiger partial charge in [0.05, 0.1) is 31.6 Å². The van der Waals surface area contributed by atoms with E-state index in [-0.39, 0.29) is 11.2 Å². The first-order chi connectivity index (χ1) is 18.2. The topological polar surface area (TPSA) is 154 Å². The molecule has 4 heterocycles. The van der Waals surface area contributed by atoms with Crippen LogP contribution >= 0.6 is 0 Å². The predicted octanol–water partition coefficient (Wildman–Crippen LogP) is 2.38. The smallest absolute Gasteiger partial charge is 0.222 e. The van der Waals surface area contributed by atoms with E-state index in [1.165, 1.54) is 6.26 Å². The minimum atomic E-state index is -2.98. The summed E-state index contributed by atoms with van der Waals surface area (Å²) in [7, 11) is -1.33. The van der Waals surface area contributed by atoms with Crippen molar-refractivity contribution in [3.8, 4) is 5.75 Å². The first-order valence-corrected chi connectivity index (χ1v) is 14.4. The van der Waals surface area contributed by atoms with Crippen LogP contribution in [0.3, 0.4) is 0 Å². The van der Waals surface area contributed by atoms with Gasteiger partial charge < -0.3 is 20.3 Å². The van der Waals surface area contributed by atoms with E-state index in [1.807, 2.05) is 29.8 Å². The highest BCUT2D eigenvalue weighted by molar-refractivity contribution is 7.91. The van der Waals surface area contributed by atoms with Gasteiger partial charge in [0.15, 0.2) is 5.82 Å². The Hall–Kier alpha value is -3.71. The summed E-state index contributed by atoms with van der Waals surface area (Å²) >= 11 is 0. The van der Waals surface area contributed by atoms with E-state index in [0.29, 0.717) is 37.3 Å². The van der Waals surface area contributed by atoms with Gasteiger partial charge >= 0.3 is 0 Å². The van der Waals surface area contributed by atoms with Gasteiger partial charge in [-0.05, 0) is 44.5 Å². The van der Waals surface area contributed by atoms with Crippen LogP contribution in [0.5, 0.6) is 5.75 Å². The third-order valence-corrected chi connectivity index (χ3v) is 8.52. The fraction of sp³-hybridized carbons (Fsp3) is 0.440. The summed E-state index contributed by atoms with van der Waals surface area (Å²) in [4.78, 5) is 11.0. The largest absolute Gasteiger partial charge is 0.496 e. The van der Waals surface area contributed by atoms with Crippen LogP contribution in [-0.4, -0.2) is 69.9 Å². The molecule has 0 atom stereocenters. The van der Waals surface area contributed by atoms with Crippen LogP contribution in [-0.2, 0) is 29.5 Å². The fourth-order valence-electron chi connectivity index (χ4n) is 4.87. The van der Waals surface area contributed by atoms with Crippen molar-refractivity contribution in [1.29, 1.82) is 0 Å².